The van der Waals surface area contributed by atoms with Crippen LogP contribution in [0.4, 0.5) is 0 Å². The van der Waals surface area contributed by atoms with Gasteiger partial charge in [-0.2, -0.15) is 0 Å². The number of carboxylic acids is 1. The fraction of sp³-hybridized carbons (Fsp3) is 0.625. The average molecular weight is 295 g/mol. The highest BCUT2D eigenvalue weighted by Gasteiger charge is 2.26. The van der Waals surface area contributed by atoms with Gasteiger partial charge >= 0.3 is 5.97 Å². The minimum absolute atomic E-state index is 0.105. The van der Waals surface area contributed by atoms with Crippen molar-refractivity contribution in [2.24, 2.45) is 11.3 Å². The van der Waals surface area contributed by atoms with Gasteiger partial charge in [0, 0.05) is 12.1 Å². The Morgan fingerprint density at radius 3 is 2.14 bits per heavy atom. The number of hydrogen-bond acceptors (Lipinski definition) is 3. The molecule has 0 fully saturated rings. The average Bonchev–Trinajstić information content (AvgIpc) is 2.56. The summed E-state index contributed by atoms with van der Waals surface area (Å²) in [4.78, 5) is 23.5. The van der Waals surface area contributed by atoms with Crippen LogP contribution < -0.4 is 5.32 Å². The Balaban J connectivity index is 2.76. The van der Waals surface area contributed by atoms with E-state index in [9.17, 15) is 14.7 Å². The molecule has 0 aliphatic heterocycles. The molecule has 0 aliphatic carbocycles. The van der Waals surface area contributed by atoms with Crippen LogP contribution in [0.1, 0.15) is 54.6 Å². The monoisotopic (exact) mass is 295 g/mol. The van der Waals surface area contributed by atoms with Crippen molar-refractivity contribution in [1.29, 1.82) is 0 Å². The van der Waals surface area contributed by atoms with Gasteiger partial charge in [-0.25, -0.2) is 0 Å². The number of carbonyl (C=O) groups excluding carboxylic acids is 1. The molecule has 1 rings (SSSR count). The second-order valence-electron chi connectivity index (χ2n) is 6.72. The molecule has 0 bridgehead atoms. The van der Waals surface area contributed by atoms with Gasteiger partial charge in [0.15, 0.2) is 0 Å². The maximum absolute atomic E-state index is 12.2. The second-order valence-corrected chi connectivity index (χ2v) is 6.72. The molecule has 1 amide bonds. The van der Waals surface area contributed by atoms with E-state index < -0.39 is 11.9 Å². The zero-order chi connectivity index (χ0) is 16.4. The lowest BCUT2D eigenvalue weighted by Gasteiger charge is -2.23. The Morgan fingerprint density at radius 2 is 1.76 bits per heavy atom. The fourth-order valence-corrected chi connectivity index (χ4v) is 2.42. The maximum atomic E-state index is 12.2. The fourth-order valence-electron chi connectivity index (χ4n) is 2.42. The normalized spacial score (nSPS) is 13.0. The van der Waals surface area contributed by atoms with E-state index in [1.807, 2.05) is 27.7 Å². The Kier molecular flexibility index (Phi) is 5.20. The zero-order valence-electron chi connectivity index (χ0n) is 13.7. The molecule has 0 saturated carbocycles. The van der Waals surface area contributed by atoms with E-state index in [4.69, 9.17) is 4.42 Å². The van der Waals surface area contributed by atoms with Gasteiger partial charge in [-0.3, -0.25) is 9.59 Å². The van der Waals surface area contributed by atoms with Crippen LogP contribution >= 0.6 is 0 Å². The number of furan rings is 1. The molecule has 0 aromatic carbocycles. The Bertz CT molecular complexity index is 537. The van der Waals surface area contributed by atoms with Crippen molar-refractivity contribution < 1.29 is 19.1 Å². The van der Waals surface area contributed by atoms with Gasteiger partial charge in [0.2, 0.25) is 0 Å². The van der Waals surface area contributed by atoms with E-state index in [0.29, 0.717) is 23.5 Å². The van der Waals surface area contributed by atoms with Crippen LogP contribution in [0.25, 0.3) is 0 Å². The molecule has 1 aromatic heterocycles. The molecule has 0 aliphatic rings. The molecule has 5 heteroatoms. The number of carbonyl (C=O) groups is 2. The Labute approximate surface area is 125 Å². The van der Waals surface area contributed by atoms with Gasteiger partial charge in [0.1, 0.15) is 11.5 Å². The Morgan fingerprint density at radius 1 is 1.19 bits per heavy atom. The number of aryl methyl sites for hydroxylation is 2. The molecule has 5 nitrogen and oxygen atoms in total. The molecule has 0 saturated heterocycles. The number of rotatable bonds is 5. The largest absolute Gasteiger partial charge is 0.481 e. The van der Waals surface area contributed by atoms with Gasteiger partial charge in [0.25, 0.3) is 5.91 Å². The van der Waals surface area contributed by atoms with Crippen LogP contribution in [0, 0.1) is 32.1 Å². The molecular formula is C16H25NO4. The lowest BCUT2D eigenvalue weighted by atomic mass is 9.84. The molecule has 0 spiro atoms. The van der Waals surface area contributed by atoms with Crippen LogP contribution in [0.3, 0.4) is 0 Å². The van der Waals surface area contributed by atoms with E-state index in [0.717, 1.165) is 5.56 Å². The van der Waals surface area contributed by atoms with Crippen LogP contribution in [0.15, 0.2) is 4.42 Å². The zero-order valence-corrected chi connectivity index (χ0v) is 13.7. The molecule has 118 valence electrons. The van der Waals surface area contributed by atoms with Crippen LogP contribution in [-0.4, -0.2) is 23.5 Å². The first-order valence-electron chi connectivity index (χ1n) is 7.10. The van der Waals surface area contributed by atoms with Crippen molar-refractivity contribution in [2.75, 3.05) is 6.54 Å². The minimum atomic E-state index is -0.887. The van der Waals surface area contributed by atoms with Gasteiger partial charge < -0.3 is 14.8 Å². The van der Waals surface area contributed by atoms with Gasteiger partial charge in [0.05, 0.1) is 11.5 Å². The highest BCUT2D eigenvalue weighted by Crippen LogP contribution is 2.25. The number of carboxylic acid groups (broad SMARTS) is 1. The number of amides is 1. The summed E-state index contributed by atoms with van der Waals surface area (Å²) < 4.78 is 5.42. The smallest absolute Gasteiger partial charge is 0.308 e. The topological polar surface area (TPSA) is 79.5 Å². The molecule has 1 aromatic rings. The SMILES string of the molecule is Cc1oc(C)c(C(=O)NCC(CC(C)(C)C)C(=O)O)c1C. The summed E-state index contributed by atoms with van der Waals surface area (Å²) in [7, 11) is 0. The molecule has 21 heavy (non-hydrogen) atoms. The molecular weight excluding hydrogens is 270 g/mol. The quantitative estimate of drug-likeness (QED) is 0.875. The predicted octanol–water partition coefficient (Wildman–Crippen LogP) is 3.07. The van der Waals surface area contributed by atoms with Gasteiger partial charge in [-0.1, -0.05) is 20.8 Å². The lowest BCUT2D eigenvalue weighted by Crippen LogP contribution is -2.35. The van der Waals surface area contributed by atoms with E-state index in [1.54, 1.807) is 13.8 Å². The third kappa shape index (κ3) is 4.62. The summed E-state index contributed by atoms with van der Waals surface area (Å²) in [5.74, 6) is -0.487. The van der Waals surface area contributed by atoms with Gasteiger partial charge in [-0.15, -0.1) is 0 Å². The van der Waals surface area contributed by atoms with Crippen LogP contribution in [-0.2, 0) is 4.79 Å². The number of nitrogens with one attached hydrogen (secondary N) is 1. The first-order chi connectivity index (χ1) is 9.53. The highest BCUT2D eigenvalue weighted by atomic mass is 16.4. The molecule has 1 heterocycles. The standard InChI is InChI=1S/C16H25NO4/c1-9-10(2)21-11(3)13(9)14(18)17-8-12(15(19)20)7-16(4,5)6/h12H,7-8H2,1-6H3,(H,17,18)(H,19,20). The van der Waals surface area contributed by atoms with E-state index >= 15 is 0 Å². The summed E-state index contributed by atoms with van der Waals surface area (Å²) in [6.45, 7) is 11.4. The van der Waals surface area contributed by atoms with Crippen molar-refractivity contribution in [3.05, 3.63) is 22.6 Å². The lowest BCUT2D eigenvalue weighted by molar-refractivity contribution is -0.142. The highest BCUT2D eigenvalue weighted by molar-refractivity contribution is 5.97. The maximum Gasteiger partial charge on any atom is 0.308 e. The minimum Gasteiger partial charge on any atom is -0.481 e. The third-order valence-corrected chi connectivity index (χ3v) is 3.51. The van der Waals surface area contributed by atoms with Crippen LogP contribution in [0.5, 0.6) is 0 Å². The summed E-state index contributed by atoms with van der Waals surface area (Å²) in [6, 6.07) is 0. The summed E-state index contributed by atoms with van der Waals surface area (Å²) in [5, 5.41) is 12.0. The molecule has 1 unspecified atom stereocenters. The number of hydrogen-bond donors (Lipinski definition) is 2. The Hall–Kier alpha value is -1.78. The first-order valence-corrected chi connectivity index (χ1v) is 7.10. The summed E-state index contributed by atoms with van der Waals surface area (Å²) in [5.41, 5.74) is 1.20. The van der Waals surface area contributed by atoms with Crippen molar-refractivity contribution in [2.45, 2.75) is 48.0 Å². The van der Waals surface area contributed by atoms with Crippen LogP contribution in [0.2, 0.25) is 0 Å². The van der Waals surface area contributed by atoms with E-state index in [-0.39, 0.29) is 17.9 Å². The van der Waals surface area contributed by atoms with E-state index in [1.165, 1.54) is 0 Å². The molecule has 1 atom stereocenters. The summed E-state index contributed by atoms with van der Waals surface area (Å²) in [6.07, 6.45) is 0.505. The third-order valence-electron chi connectivity index (χ3n) is 3.51. The molecule has 2 N–H and O–H groups in total. The first kappa shape index (κ1) is 17.3. The van der Waals surface area contributed by atoms with E-state index in [2.05, 4.69) is 5.32 Å². The summed E-state index contributed by atoms with van der Waals surface area (Å²) >= 11 is 0. The second kappa shape index (κ2) is 6.33. The molecule has 0 radical (unpaired) electrons. The predicted molar refractivity (Wildman–Crippen MR) is 80.5 cm³/mol. The van der Waals surface area contributed by atoms with Crippen molar-refractivity contribution >= 4 is 11.9 Å². The van der Waals surface area contributed by atoms with Crippen molar-refractivity contribution in [1.82, 2.24) is 5.32 Å². The van der Waals surface area contributed by atoms with Gasteiger partial charge in [-0.05, 0) is 32.6 Å². The number of aliphatic carboxylic acids is 1. The van der Waals surface area contributed by atoms with Crippen molar-refractivity contribution in [3.8, 4) is 0 Å². The van der Waals surface area contributed by atoms with Crippen molar-refractivity contribution in [3.63, 3.8) is 0 Å².